The summed E-state index contributed by atoms with van der Waals surface area (Å²) in [6, 6.07) is 9.03. The summed E-state index contributed by atoms with van der Waals surface area (Å²) in [5.74, 6) is 0. The second-order valence-electron chi connectivity index (χ2n) is 3.04. The molecule has 15 heavy (non-hydrogen) atoms. The van der Waals surface area contributed by atoms with Gasteiger partial charge in [0.15, 0.2) is 5.03 Å². The van der Waals surface area contributed by atoms with Crippen LogP contribution in [-0.4, -0.2) is 20.4 Å². The molecule has 1 N–H and O–H groups in total. The SMILES string of the molecule is CNS(=O)(=O)c1nccc2ccccc12. The van der Waals surface area contributed by atoms with Crippen molar-refractivity contribution in [3.63, 3.8) is 0 Å². The molecule has 0 aliphatic rings. The van der Waals surface area contributed by atoms with Crippen molar-refractivity contribution < 1.29 is 8.42 Å². The number of aromatic nitrogens is 1. The number of fused-ring (bicyclic) bond motifs is 1. The smallest absolute Gasteiger partial charge is 0.243 e. The minimum Gasteiger partial charge on any atom is -0.243 e. The number of hydrogen-bond acceptors (Lipinski definition) is 3. The second-order valence-corrected chi connectivity index (χ2v) is 4.85. The second kappa shape index (κ2) is 3.60. The monoisotopic (exact) mass is 222 g/mol. The van der Waals surface area contributed by atoms with E-state index in [0.29, 0.717) is 5.39 Å². The maximum Gasteiger partial charge on any atom is 0.258 e. The van der Waals surface area contributed by atoms with E-state index in [4.69, 9.17) is 0 Å². The Labute approximate surface area is 88.0 Å². The normalized spacial score (nSPS) is 11.8. The van der Waals surface area contributed by atoms with Crippen molar-refractivity contribution >= 4 is 20.8 Å². The zero-order valence-corrected chi connectivity index (χ0v) is 8.95. The molecule has 0 aliphatic heterocycles. The van der Waals surface area contributed by atoms with Crippen molar-refractivity contribution in [1.82, 2.24) is 9.71 Å². The number of pyridine rings is 1. The Morgan fingerprint density at radius 3 is 2.67 bits per heavy atom. The summed E-state index contributed by atoms with van der Waals surface area (Å²) >= 11 is 0. The molecule has 4 nitrogen and oxygen atoms in total. The van der Waals surface area contributed by atoms with Crippen LogP contribution in [0.15, 0.2) is 41.6 Å². The topological polar surface area (TPSA) is 59.1 Å². The van der Waals surface area contributed by atoms with Gasteiger partial charge in [-0.05, 0) is 18.5 Å². The zero-order valence-electron chi connectivity index (χ0n) is 8.14. The van der Waals surface area contributed by atoms with Gasteiger partial charge in [0.05, 0.1) is 0 Å². The van der Waals surface area contributed by atoms with Gasteiger partial charge in [-0.1, -0.05) is 24.3 Å². The predicted molar refractivity (Wildman–Crippen MR) is 58.0 cm³/mol. The zero-order chi connectivity index (χ0) is 10.9. The van der Waals surface area contributed by atoms with Crippen LogP contribution in [-0.2, 0) is 10.0 Å². The highest BCUT2D eigenvalue weighted by atomic mass is 32.2. The molecule has 0 atom stereocenters. The van der Waals surface area contributed by atoms with Crippen LogP contribution >= 0.6 is 0 Å². The summed E-state index contributed by atoms with van der Waals surface area (Å²) in [6.45, 7) is 0. The summed E-state index contributed by atoms with van der Waals surface area (Å²) in [5, 5.41) is 1.57. The lowest BCUT2D eigenvalue weighted by atomic mass is 10.2. The van der Waals surface area contributed by atoms with E-state index >= 15 is 0 Å². The molecular formula is C10H10N2O2S. The number of hydrogen-bond donors (Lipinski definition) is 1. The first-order valence-corrected chi connectivity index (χ1v) is 5.91. The van der Waals surface area contributed by atoms with E-state index in [1.807, 2.05) is 12.1 Å². The summed E-state index contributed by atoms with van der Waals surface area (Å²) in [4.78, 5) is 3.90. The first-order valence-electron chi connectivity index (χ1n) is 4.42. The molecule has 0 fully saturated rings. The number of nitrogens with zero attached hydrogens (tertiary/aromatic N) is 1. The first-order chi connectivity index (χ1) is 7.15. The van der Waals surface area contributed by atoms with Crippen LogP contribution in [0.1, 0.15) is 0 Å². The van der Waals surface area contributed by atoms with Crippen molar-refractivity contribution in [2.24, 2.45) is 0 Å². The minimum absolute atomic E-state index is 0.0723. The molecule has 0 radical (unpaired) electrons. The fourth-order valence-corrected chi connectivity index (χ4v) is 2.27. The standard InChI is InChI=1S/C10H10N2O2S/c1-11-15(13,14)10-9-5-3-2-4-8(9)6-7-12-10/h2-7,11H,1H3. The van der Waals surface area contributed by atoms with Crippen molar-refractivity contribution in [2.45, 2.75) is 5.03 Å². The summed E-state index contributed by atoms with van der Waals surface area (Å²) < 4.78 is 25.5. The van der Waals surface area contributed by atoms with Gasteiger partial charge < -0.3 is 0 Å². The third kappa shape index (κ3) is 1.71. The Morgan fingerprint density at radius 1 is 1.20 bits per heavy atom. The summed E-state index contributed by atoms with van der Waals surface area (Å²) in [7, 11) is -2.11. The molecule has 0 unspecified atom stereocenters. The predicted octanol–water partition coefficient (Wildman–Crippen LogP) is 1.14. The molecule has 0 saturated heterocycles. The Balaban J connectivity index is 2.83. The van der Waals surface area contributed by atoms with Gasteiger partial charge in [-0.3, -0.25) is 0 Å². The van der Waals surface area contributed by atoms with Crippen molar-refractivity contribution in [3.8, 4) is 0 Å². The lowest BCUT2D eigenvalue weighted by molar-refractivity contribution is 0.585. The van der Waals surface area contributed by atoms with Gasteiger partial charge in [0, 0.05) is 11.6 Å². The largest absolute Gasteiger partial charge is 0.258 e. The average Bonchev–Trinajstić information content (AvgIpc) is 2.28. The molecule has 0 spiro atoms. The van der Waals surface area contributed by atoms with Gasteiger partial charge in [0.25, 0.3) is 10.0 Å². The molecule has 0 saturated carbocycles. The minimum atomic E-state index is -3.49. The lowest BCUT2D eigenvalue weighted by Crippen LogP contribution is -2.20. The van der Waals surface area contributed by atoms with E-state index in [1.54, 1.807) is 18.2 Å². The average molecular weight is 222 g/mol. The van der Waals surface area contributed by atoms with Gasteiger partial charge in [-0.25, -0.2) is 18.1 Å². The van der Waals surface area contributed by atoms with E-state index in [0.717, 1.165) is 5.39 Å². The number of rotatable bonds is 2. The van der Waals surface area contributed by atoms with E-state index in [2.05, 4.69) is 9.71 Å². The van der Waals surface area contributed by atoms with Gasteiger partial charge in [-0.15, -0.1) is 0 Å². The first kappa shape index (κ1) is 10.1. The highest BCUT2D eigenvalue weighted by Crippen LogP contribution is 2.19. The Hall–Kier alpha value is -1.46. The Morgan fingerprint density at radius 2 is 1.93 bits per heavy atom. The fourth-order valence-electron chi connectivity index (χ4n) is 1.40. The van der Waals surface area contributed by atoms with Crippen molar-refractivity contribution in [2.75, 3.05) is 7.05 Å². The molecule has 1 heterocycles. The van der Waals surface area contributed by atoms with Crippen LogP contribution < -0.4 is 4.72 Å². The highest BCUT2D eigenvalue weighted by molar-refractivity contribution is 7.89. The molecular weight excluding hydrogens is 212 g/mol. The van der Waals surface area contributed by atoms with Crippen LogP contribution in [0.25, 0.3) is 10.8 Å². The maximum absolute atomic E-state index is 11.6. The number of nitrogens with one attached hydrogen (secondary N) is 1. The van der Waals surface area contributed by atoms with Crippen molar-refractivity contribution in [3.05, 3.63) is 36.5 Å². The van der Waals surface area contributed by atoms with Crippen LogP contribution in [0.3, 0.4) is 0 Å². The molecule has 2 rings (SSSR count). The molecule has 2 aromatic rings. The van der Waals surface area contributed by atoms with E-state index in [-0.39, 0.29) is 5.03 Å². The highest BCUT2D eigenvalue weighted by Gasteiger charge is 2.15. The molecule has 0 bridgehead atoms. The van der Waals surface area contributed by atoms with Gasteiger partial charge in [0.1, 0.15) is 0 Å². The third-order valence-corrected chi connectivity index (χ3v) is 3.53. The van der Waals surface area contributed by atoms with E-state index in [1.165, 1.54) is 13.2 Å². The molecule has 0 amide bonds. The van der Waals surface area contributed by atoms with Crippen LogP contribution in [0.4, 0.5) is 0 Å². The Kier molecular flexibility index (Phi) is 2.42. The number of sulfonamides is 1. The molecule has 0 aliphatic carbocycles. The fraction of sp³-hybridized carbons (Fsp3) is 0.100. The van der Waals surface area contributed by atoms with Gasteiger partial charge >= 0.3 is 0 Å². The maximum atomic E-state index is 11.6. The van der Waals surface area contributed by atoms with E-state index < -0.39 is 10.0 Å². The molecule has 78 valence electrons. The molecule has 1 aromatic heterocycles. The van der Waals surface area contributed by atoms with Crippen LogP contribution in [0.5, 0.6) is 0 Å². The van der Waals surface area contributed by atoms with Crippen LogP contribution in [0, 0.1) is 0 Å². The Bertz CT molecular complexity index is 588. The summed E-state index contributed by atoms with van der Waals surface area (Å²) in [5.41, 5.74) is 0. The third-order valence-electron chi connectivity index (χ3n) is 2.16. The molecule has 1 aromatic carbocycles. The molecule has 5 heteroatoms. The van der Waals surface area contributed by atoms with Gasteiger partial charge in [0.2, 0.25) is 0 Å². The van der Waals surface area contributed by atoms with E-state index in [9.17, 15) is 8.42 Å². The summed E-state index contributed by atoms with van der Waals surface area (Å²) in [6.07, 6.45) is 1.49. The number of benzene rings is 1. The van der Waals surface area contributed by atoms with Crippen LogP contribution in [0.2, 0.25) is 0 Å². The van der Waals surface area contributed by atoms with Gasteiger partial charge in [-0.2, -0.15) is 0 Å². The quantitative estimate of drug-likeness (QED) is 0.829. The van der Waals surface area contributed by atoms with Crippen molar-refractivity contribution in [1.29, 1.82) is 0 Å². The lowest BCUT2D eigenvalue weighted by Gasteiger charge is -2.04.